The Morgan fingerprint density at radius 1 is 0.545 bits per heavy atom. The largest absolute Gasteiger partial charge is 0.378 e. The first-order chi connectivity index (χ1) is 31.6. The monoisotopic (exact) mass is 1030 g/mol. The second-order valence-corrected chi connectivity index (χ2v) is 21.2. The molecule has 0 saturated carbocycles. The fourth-order valence-electron chi connectivity index (χ4n) is 7.86. The lowest BCUT2D eigenvalue weighted by atomic mass is 9.85. The highest BCUT2D eigenvalue weighted by atomic mass is 35.5. The lowest BCUT2D eigenvalue weighted by molar-refractivity contribution is 0.0504. The van der Waals surface area contributed by atoms with E-state index in [1.807, 2.05) is 50.5 Å². The number of ether oxygens (including phenoxy) is 4. The van der Waals surface area contributed by atoms with Crippen LogP contribution in [0, 0.1) is 0 Å². The second-order valence-electron chi connectivity index (χ2n) is 16.0. The van der Waals surface area contributed by atoms with Gasteiger partial charge < -0.3 is 39.4 Å². The van der Waals surface area contributed by atoms with E-state index in [0.29, 0.717) is 33.2 Å². The van der Waals surface area contributed by atoms with Crippen molar-refractivity contribution in [1.29, 1.82) is 0 Å². The molecular weight excluding hydrogens is 974 g/mol. The second kappa shape index (κ2) is 25.0. The molecule has 0 spiro atoms. The molecule has 4 N–H and O–H groups in total. The highest BCUT2D eigenvalue weighted by Crippen LogP contribution is 2.40. The molecule has 0 fully saturated rings. The number of urea groups is 1. The van der Waals surface area contributed by atoms with Crippen molar-refractivity contribution in [3.63, 3.8) is 0 Å². The zero-order valence-electron chi connectivity index (χ0n) is 36.8. The highest BCUT2D eigenvalue weighted by molar-refractivity contribution is 7.89. The predicted octanol–water partition coefficient (Wildman–Crippen LogP) is 6.08. The topological polar surface area (TPSA) is 177 Å². The third-order valence-corrected chi connectivity index (χ3v) is 15.1. The van der Waals surface area contributed by atoms with Crippen molar-refractivity contribution in [3.8, 4) is 0 Å². The summed E-state index contributed by atoms with van der Waals surface area (Å²) in [6.45, 7) is 5.54. The van der Waals surface area contributed by atoms with Gasteiger partial charge in [0.25, 0.3) is 0 Å². The highest BCUT2D eigenvalue weighted by Gasteiger charge is 2.29. The molecule has 21 heteroatoms. The van der Waals surface area contributed by atoms with Crippen molar-refractivity contribution >= 4 is 72.5 Å². The molecule has 6 rings (SSSR count). The fraction of sp³-hybridized carbons (Fsp3) is 0.444. The molecule has 360 valence electrons. The van der Waals surface area contributed by atoms with Crippen molar-refractivity contribution in [2.75, 3.05) is 106 Å². The Morgan fingerprint density at radius 3 is 1.26 bits per heavy atom. The van der Waals surface area contributed by atoms with Gasteiger partial charge in [-0.2, -0.15) is 0 Å². The Balaban J connectivity index is 0.742. The average Bonchev–Trinajstić information content (AvgIpc) is 3.27. The summed E-state index contributed by atoms with van der Waals surface area (Å²) in [5, 5.41) is 7.75. The van der Waals surface area contributed by atoms with Gasteiger partial charge in [0.2, 0.25) is 20.0 Å². The third-order valence-electron chi connectivity index (χ3n) is 11.1. The summed E-state index contributed by atoms with van der Waals surface area (Å²) in [6.07, 6.45) is 0. The van der Waals surface area contributed by atoms with Gasteiger partial charge >= 0.3 is 6.03 Å². The van der Waals surface area contributed by atoms with Crippen LogP contribution in [0.5, 0.6) is 0 Å². The van der Waals surface area contributed by atoms with Gasteiger partial charge in [-0.3, -0.25) is 0 Å². The lowest BCUT2D eigenvalue weighted by Gasteiger charge is -2.33. The normalized spacial score (nSPS) is 16.8. The first-order valence-electron chi connectivity index (χ1n) is 21.5. The summed E-state index contributed by atoms with van der Waals surface area (Å²) in [6, 6.07) is 20.7. The Kier molecular flexibility index (Phi) is 19.8. The van der Waals surface area contributed by atoms with E-state index in [2.05, 4.69) is 29.9 Å². The van der Waals surface area contributed by atoms with Crippen molar-refractivity contribution in [2.24, 2.45) is 0 Å². The van der Waals surface area contributed by atoms with Crippen LogP contribution in [0.2, 0.25) is 20.1 Å². The zero-order valence-corrected chi connectivity index (χ0v) is 41.5. The van der Waals surface area contributed by atoms with Crippen LogP contribution in [0.1, 0.15) is 45.2 Å². The molecule has 0 radical (unpaired) electrons. The van der Waals surface area contributed by atoms with E-state index in [1.54, 1.807) is 36.4 Å². The van der Waals surface area contributed by atoms with Crippen LogP contribution >= 0.6 is 46.4 Å². The Morgan fingerprint density at radius 2 is 0.894 bits per heavy atom. The molecule has 2 aliphatic rings. The van der Waals surface area contributed by atoms with E-state index in [9.17, 15) is 21.6 Å². The lowest BCUT2D eigenvalue weighted by Crippen LogP contribution is -2.39. The number of hydrogen-bond donors (Lipinski definition) is 4. The van der Waals surface area contributed by atoms with E-state index >= 15 is 0 Å². The summed E-state index contributed by atoms with van der Waals surface area (Å²) in [5.74, 6) is 0.00480. The summed E-state index contributed by atoms with van der Waals surface area (Å²) in [7, 11) is -3.44. The summed E-state index contributed by atoms with van der Waals surface area (Å²) < 4.78 is 78.7. The summed E-state index contributed by atoms with van der Waals surface area (Å²) in [4.78, 5) is 16.7. The first-order valence-corrected chi connectivity index (χ1v) is 25.9. The van der Waals surface area contributed by atoms with Gasteiger partial charge in [-0.1, -0.05) is 70.7 Å². The molecule has 2 amide bonds. The first kappa shape index (κ1) is 52.3. The summed E-state index contributed by atoms with van der Waals surface area (Å²) >= 11 is 25.6. The fourth-order valence-corrected chi connectivity index (χ4v) is 11.0. The van der Waals surface area contributed by atoms with Crippen LogP contribution in [-0.2, 0) is 52.1 Å². The van der Waals surface area contributed by atoms with Gasteiger partial charge in [-0.25, -0.2) is 31.1 Å². The van der Waals surface area contributed by atoms with Crippen LogP contribution in [-0.4, -0.2) is 139 Å². The Hall–Kier alpha value is -3.11. The number of benzene rings is 4. The van der Waals surface area contributed by atoms with Crippen molar-refractivity contribution in [1.82, 2.24) is 29.9 Å². The van der Waals surface area contributed by atoms with E-state index in [4.69, 9.17) is 65.4 Å². The number of halogens is 4. The number of fused-ring (bicyclic) bond motifs is 2. The maximum absolute atomic E-state index is 12.9. The number of hydrogen-bond acceptors (Lipinski definition) is 11. The maximum atomic E-state index is 12.9. The number of sulfonamides is 2. The molecule has 2 atom stereocenters. The minimum absolute atomic E-state index is 0.00240. The van der Waals surface area contributed by atoms with E-state index in [-0.39, 0.29) is 107 Å². The minimum atomic E-state index is -3.74. The molecule has 15 nitrogen and oxygen atoms in total. The molecule has 66 heavy (non-hydrogen) atoms. The predicted molar refractivity (Wildman–Crippen MR) is 257 cm³/mol. The molecular formula is C45H56Cl4N6O9S2. The maximum Gasteiger partial charge on any atom is 0.314 e. The molecule has 2 aliphatic heterocycles. The molecule has 2 unspecified atom stereocenters. The van der Waals surface area contributed by atoms with Crippen molar-refractivity contribution in [3.05, 3.63) is 126 Å². The van der Waals surface area contributed by atoms with Crippen LogP contribution in [0.3, 0.4) is 0 Å². The molecule has 2 heterocycles. The minimum Gasteiger partial charge on any atom is -0.378 e. The van der Waals surface area contributed by atoms with Gasteiger partial charge in [0.15, 0.2) is 0 Å². The SMILES string of the molecule is CN1Cc2c(Cl)cc(Cl)cc2C(c2ccc(S(=O)(=O)NCCOCCOCCNC(=O)NCCOCCOCCNS(=O)(=O)c3ccc(C4CN(C)Cc5c(Cl)cc(Cl)cc54)cc3)cc2)C1. The number of nitrogens with zero attached hydrogens (tertiary/aromatic N) is 2. The third kappa shape index (κ3) is 14.9. The van der Waals surface area contributed by atoms with Gasteiger partial charge in [0, 0.05) is 84.3 Å². The van der Waals surface area contributed by atoms with E-state index in [0.717, 1.165) is 46.5 Å². The molecule has 4 aromatic rings. The van der Waals surface area contributed by atoms with Crippen LogP contribution in [0.15, 0.2) is 82.6 Å². The smallest absolute Gasteiger partial charge is 0.314 e. The summed E-state index contributed by atoms with van der Waals surface area (Å²) in [5.41, 5.74) is 6.09. The van der Waals surface area contributed by atoms with E-state index < -0.39 is 20.0 Å². The van der Waals surface area contributed by atoms with Gasteiger partial charge in [-0.05, 0) is 96.0 Å². The van der Waals surface area contributed by atoms with Crippen molar-refractivity contribution in [2.45, 2.75) is 34.7 Å². The Bertz CT molecular complexity index is 2300. The number of carbonyl (C=O) groups is 1. The number of carbonyl (C=O) groups excluding carboxylic acids is 1. The molecule has 0 aromatic heterocycles. The standard InChI is InChI=1S/C45H56Cl4N6O9S2/c1-54-27-39(37-23-33(46)25-43(48)41(37)29-54)31-3-7-35(8-4-31)65(57,58)52-13-17-63-21-19-61-15-11-50-45(56)51-12-16-62-20-22-64-18-14-53-66(59,60)36-9-5-32(6-10-36)40-28-55(2)30-42-38(40)24-34(47)26-44(42)49/h3-10,23-26,39-40,52-53H,11-22,27-30H2,1-2H3,(H2,50,51,56). The van der Waals surface area contributed by atoms with Gasteiger partial charge in [0.1, 0.15) is 0 Å². The zero-order chi connectivity index (χ0) is 47.3. The van der Waals surface area contributed by atoms with Crippen LogP contribution in [0.4, 0.5) is 4.79 Å². The number of likely N-dealkylation sites (N-methyl/N-ethyl adjacent to an activating group) is 2. The van der Waals surface area contributed by atoms with Gasteiger partial charge in [-0.15, -0.1) is 0 Å². The molecule has 0 bridgehead atoms. The van der Waals surface area contributed by atoms with Crippen LogP contribution in [0.25, 0.3) is 0 Å². The number of nitrogens with one attached hydrogen (secondary N) is 4. The number of rotatable bonds is 24. The molecule has 0 saturated heterocycles. The average molecular weight is 1030 g/mol. The quantitative estimate of drug-likeness (QED) is 0.0599. The van der Waals surface area contributed by atoms with E-state index in [1.165, 1.54) is 0 Å². The molecule has 0 aliphatic carbocycles. The molecule has 4 aromatic carbocycles. The van der Waals surface area contributed by atoms with Crippen LogP contribution < -0.4 is 20.1 Å². The number of amides is 2. The van der Waals surface area contributed by atoms with Crippen molar-refractivity contribution < 1.29 is 40.6 Å². The Labute approximate surface area is 407 Å². The van der Waals surface area contributed by atoms with Gasteiger partial charge in [0.05, 0.1) is 62.6 Å².